The largest absolute Gasteiger partial charge is 0.493 e. The summed E-state index contributed by atoms with van der Waals surface area (Å²) in [6, 6.07) is 16.2. The summed E-state index contributed by atoms with van der Waals surface area (Å²) in [5, 5.41) is 3.11. The molecule has 0 aliphatic rings. The zero-order valence-corrected chi connectivity index (χ0v) is 20.3. The van der Waals surface area contributed by atoms with E-state index in [0.29, 0.717) is 22.2 Å². The number of sulfonamides is 1. The van der Waals surface area contributed by atoms with Crippen LogP contribution in [0, 0.1) is 13.8 Å². The van der Waals surface area contributed by atoms with Gasteiger partial charge < -0.3 is 14.8 Å². The van der Waals surface area contributed by atoms with E-state index in [1.165, 1.54) is 32.4 Å². The van der Waals surface area contributed by atoms with Crippen LogP contribution >= 0.6 is 11.6 Å². The van der Waals surface area contributed by atoms with Gasteiger partial charge in [-0.05, 0) is 55.8 Å². The van der Waals surface area contributed by atoms with E-state index >= 15 is 0 Å². The minimum absolute atomic E-state index is 0.0729. The van der Waals surface area contributed by atoms with Crippen LogP contribution in [0.2, 0.25) is 5.02 Å². The quantitative estimate of drug-likeness (QED) is 0.492. The molecule has 0 atom stereocenters. The number of amides is 1. The second-order valence-electron chi connectivity index (χ2n) is 7.38. The van der Waals surface area contributed by atoms with Crippen molar-refractivity contribution in [3.63, 3.8) is 0 Å². The van der Waals surface area contributed by atoms with Crippen LogP contribution in [-0.2, 0) is 14.8 Å². The Kier molecular flexibility index (Phi) is 7.50. The number of ether oxygens (including phenoxy) is 2. The number of aryl methyl sites for hydroxylation is 2. The third kappa shape index (κ3) is 5.58. The summed E-state index contributed by atoms with van der Waals surface area (Å²) in [4.78, 5) is 13.0. The Morgan fingerprint density at radius 2 is 1.61 bits per heavy atom. The molecule has 3 aromatic rings. The molecule has 0 bridgehead atoms. The molecule has 0 unspecified atom stereocenters. The van der Waals surface area contributed by atoms with Gasteiger partial charge in [0.05, 0.1) is 24.8 Å². The van der Waals surface area contributed by atoms with Gasteiger partial charge in [0.1, 0.15) is 6.54 Å². The van der Waals surface area contributed by atoms with E-state index in [4.69, 9.17) is 21.1 Å². The lowest BCUT2D eigenvalue weighted by Crippen LogP contribution is -2.38. The average Bonchev–Trinajstić information content (AvgIpc) is 2.79. The smallest absolute Gasteiger partial charge is 0.264 e. The molecule has 0 saturated carbocycles. The number of nitrogens with zero attached hydrogens (tertiary/aromatic N) is 1. The van der Waals surface area contributed by atoms with Crippen molar-refractivity contribution in [1.29, 1.82) is 0 Å². The molecular formula is C24H25ClN2O5S. The van der Waals surface area contributed by atoms with Gasteiger partial charge in [-0.15, -0.1) is 0 Å². The van der Waals surface area contributed by atoms with E-state index in [1.807, 2.05) is 13.8 Å². The number of hydrogen-bond acceptors (Lipinski definition) is 5. The summed E-state index contributed by atoms with van der Waals surface area (Å²) >= 11 is 6.26. The molecule has 174 valence electrons. The Hall–Kier alpha value is -3.23. The fourth-order valence-corrected chi connectivity index (χ4v) is 4.72. The zero-order valence-electron chi connectivity index (χ0n) is 18.8. The lowest BCUT2D eigenvalue weighted by atomic mass is 10.2. The summed E-state index contributed by atoms with van der Waals surface area (Å²) in [6.45, 7) is 3.23. The highest BCUT2D eigenvalue weighted by Crippen LogP contribution is 2.31. The Morgan fingerprint density at radius 3 is 2.21 bits per heavy atom. The van der Waals surface area contributed by atoms with Crippen molar-refractivity contribution in [1.82, 2.24) is 0 Å². The molecule has 0 heterocycles. The van der Waals surface area contributed by atoms with Crippen LogP contribution in [0.15, 0.2) is 65.6 Å². The predicted octanol–water partition coefficient (Wildman–Crippen LogP) is 4.81. The van der Waals surface area contributed by atoms with Crippen molar-refractivity contribution < 1.29 is 22.7 Å². The molecule has 3 aromatic carbocycles. The highest BCUT2D eigenvalue weighted by Gasteiger charge is 2.27. The van der Waals surface area contributed by atoms with Crippen molar-refractivity contribution in [2.24, 2.45) is 0 Å². The zero-order chi connectivity index (χ0) is 24.2. The highest BCUT2D eigenvalue weighted by atomic mass is 35.5. The predicted molar refractivity (Wildman–Crippen MR) is 130 cm³/mol. The van der Waals surface area contributed by atoms with Crippen molar-refractivity contribution >= 4 is 38.9 Å². The first-order valence-electron chi connectivity index (χ1n) is 10.0. The minimum atomic E-state index is -4.04. The van der Waals surface area contributed by atoms with Crippen LogP contribution in [0.4, 0.5) is 11.4 Å². The van der Waals surface area contributed by atoms with Gasteiger partial charge >= 0.3 is 0 Å². The van der Waals surface area contributed by atoms with Gasteiger partial charge in [0, 0.05) is 16.8 Å². The van der Waals surface area contributed by atoms with E-state index in [1.54, 1.807) is 42.5 Å². The van der Waals surface area contributed by atoms with Gasteiger partial charge in [0.15, 0.2) is 11.5 Å². The van der Waals surface area contributed by atoms with Crippen LogP contribution in [0.3, 0.4) is 0 Å². The van der Waals surface area contributed by atoms with Gasteiger partial charge in [0.2, 0.25) is 5.91 Å². The molecule has 0 radical (unpaired) electrons. The summed E-state index contributed by atoms with van der Waals surface area (Å²) in [6.07, 6.45) is 0. The fraction of sp³-hybridized carbons (Fsp3) is 0.208. The van der Waals surface area contributed by atoms with E-state index < -0.39 is 22.5 Å². The second-order valence-corrected chi connectivity index (χ2v) is 9.65. The number of rotatable bonds is 8. The third-order valence-electron chi connectivity index (χ3n) is 5.01. The summed E-state index contributed by atoms with van der Waals surface area (Å²) < 4.78 is 38.5. The number of benzene rings is 3. The van der Waals surface area contributed by atoms with Crippen molar-refractivity contribution in [3.8, 4) is 11.5 Å². The number of anilines is 2. The number of nitrogens with one attached hydrogen (secondary N) is 1. The molecular weight excluding hydrogens is 464 g/mol. The molecule has 9 heteroatoms. The van der Waals surface area contributed by atoms with Crippen LogP contribution in [0.5, 0.6) is 11.5 Å². The maximum atomic E-state index is 13.5. The van der Waals surface area contributed by atoms with Gasteiger partial charge in [-0.25, -0.2) is 8.42 Å². The van der Waals surface area contributed by atoms with Crippen LogP contribution in [0.25, 0.3) is 0 Å². The molecule has 3 rings (SSSR count). The molecule has 1 N–H and O–H groups in total. The topological polar surface area (TPSA) is 84.9 Å². The fourth-order valence-electron chi connectivity index (χ4n) is 3.13. The van der Waals surface area contributed by atoms with Crippen molar-refractivity contribution in [2.45, 2.75) is 18.7 Å². The number of halogens is 1. The Balaban J connectivity index is 1.95. The molecule has 7 nitrogen and oxygen atoms in total. The van der Waals surface area contributed by atoms with Crippen LogP contribution < -0.4 is 19.1 Å². The molecule has 1 amide bonds. The number of carbonyl (C=O) groups is 1. The first-order chi connectivity index (χ1) is 15.6. The Labute approximate surface area is 198 Å². The first-order valence-corrected chi connectivity index (χ1v) is 11.8. The highest BCUT2D eigenvalue weighted by molar-refractivity contribution is 7.92. The normalized spacial score (nSPS) is 11.1. The average molecular weight is 489 g/mol. The van der Waals surface area contributed by atoms with Crippen molar-refractivity contribution in [2.75, 3.05) is 30.4 Å². The lowest BCUT2D eigenvalue weighted by Gasteiger charge is -2.24. The molecule has 0 aliphatic carbocycles. The molecule has 0 saturated heterocycles. The van der Waals surface area contributed by atoms with Crippen LogP contribution in [0.1, 0.15) is 11.1 Å². The number of methoxy groups -OCH3 is 2. The van der Waals surface area contributed by atoms with Gasteiger partial charge in [-0.3, -0.25) is 9.10 Å². The van der Waals surface area contributed by atoms with Crippen LogP contribution in [-0.4, -0.2) is 35.1 Å². The monoisotopic (exact) mass is 488 g/mol. The minimum Gasteiger partial charge on any atom is -0.493 e. The first kappa shape index (κ1) is 24.4. The van der Waals surface area contributed by atoms with E-state index in [0.717, 1.165) is 15.4 Å². The van der Waals surface area contributed by atoms with Gasteiger partial charge in [0.25, 0.3) is 10.0 Å². The maximum Gasteiger partial charge on any atom is 0.264 e. The van der Waals surface area contributed by atoms with Gasteiger partial charge in [-0.2, -0.15) is 0 Å². The molecule has 33 heavy (non-hydrogen) atoms. The third-order valence-corrected chi connectivity index (χ3v) is 7.20. The lowest BCUT2D eigenvalue weighted by molar-refractivity contribution is -0.114. The van der Waals surface area contributed by atoms with E-state index in [-0.39, 0.29) is 10.6 Å². The standard InChI is InChI=1S/C24H25ClN2O5S/c1-16-5-10-20(11-6-16)33(29,30)27(19-9-7-17(2)21(25)14-19)15-24(28)26-18-8-12-22(31-3)23(13-18)32-4/h5-14H,15H2,1-4H3,(H,26,28). The Morgan fingerprint density at radius 1 is 0.939 bits per heavy atom. The van der Waals surface area contributed by atoms with Gasteiger partial charge in [-0.1, -0.05) is 35.4 Å². The number of carbonyl (C=O) groups excluding carboxylic acids is 1. The Bertz CT molecular complexity index is 1260. The SMILES string of the molecule is COc1ccc(NC(=O)CN(c2ccc(C)c(Cl)c2)S(=O)(=O)c2ccc(C)cc2)cc1OC. The number of hydrogen-bond donors (Lipinski definition) is 1. The van der Waals surface area contributed by atoms with E-state index in [9.17, 15) is 13.2 Å². The molecule has 0 fully saturated rings. The molecule has 0 aromatic heterocycles. The van der Waals surface area contributed by atoms with Crippen molar-refractivity contribution in [3.05, 3.63) is 76.8 Å². The summed E-state index contributed by atoms with van der Waals surface area (Å²) in [5.41, 5.74) is 2.44. The van der Waals surface area contributed by atoms with E-state index in [2.05, 4.69) is 5.32 Å². The second kappa shape index (κ2) is 10.1. The summed E-state index contributed by atoms with van der Waals surface area (Å²) in [5.74, 6) is 0.410. The summed E-state index contributed by atoms with van der Waals surface area (Å²) in [7, 11) is -1.05. The molecule has 0 aliphatic heterocycles. The molecule has 0 spiro atoms. The maximum absolute atomic E-state index is 13.5.